The molecule has 0 fully saturated rings. The molecule has 7 nitrogen and oxygen atoms in total. The Morgan fingerprint density at radius 3 is 2.23 bits per heavy atom. The first kappa shape index (κ1) is 35.5. The summed E-state index contributed by atoms with van der Waals surface area (Å²) in [6.07, 6.45) is 4.45. The van der Waals surface area contributed by atoms with Crippen LogP contribution in [0.4, 0.5) is 10.1 Å². The predicted octanol–water partition coefficient (Wildman–Crippen LogP) is 8.10. The highest BCUT2D eigenvalue weighted by Gasteiger charge is 2.23. The molecule has 0 saturated heterocycles. The van der Waals surface area contributed by atoms with Gasteiger partial charge in [-0.2, -0.15) is 8.42 Å². The van der Waals surface area contributed by atoms with Crippen molar-refractivity contribution in [3.8, 4) is 11.1 Å². The zero-order valence-electron chi connectivity index (χ0n) is 26.7. The maximum absolute atomic E-state index is 15.0. The van der Waals surface area contributed by atoms with E-state index in [1.807, 2.05) is 37.3 Å². The van der Waals surface area contributed by atoms with Crippen molar-refractivity contribution in [2.24, 2.45) is 5.41 Å². The van der Waals surface area contributed by atoms with E-state index in [-0.39, 0.29) is 17.9 Å². The third-order valence-electron chi connectivity index (χ3n) is 7.45. The van der Waals surface area contributed by atoms with Crippen LogP contribution >= 0.6 is 11.6 Å². The van der Waals surface area contributed by atoms with E-state index in [4.69, 9.17) is 16.2 Å². The monoisotopic (exact) mass is 676 g/mol. The smallest absolute Gasteiger partial charge is 0.266 e. The fourth-order valence-corrected chi connectivity index (χ4v) is 5.53. The number of halogens is 2. The zero-order chi connectivity index (χ0) is 34.4. The second-order valence-electron chi connectivity index (χ2n) is 12.5. The summed E-state index contributed by atoms with van der Waals surface area (Å²) in [6.45, 7) is 7.95. The molecule has 0 saturated carbocycles. The third kappa shape index (κ3) is 10.6. The standard InChI is InChI=1S/C37H38ClFN2O5S/c1-24-21-29(38)13-15-31(24)33-23-30(14-16-34(33)39)41-36(43)32(27-9-5-25(6-10-27)17-18-37(2,3)4)22-26-7-11-28(12-8-26)35(42)40-19-20-47(44,45)46/h5-18,21,23,32H,19-20,22H2,1-4H3,(H,40,42)(H,41,43)(H,44,45,46). The first-order chi connectivity index (χ1) is 22.1. The lowest BCUT2D eigenvalue weighted by Crippen LogP contribution is -2.28. The van der Waals surface area contributed by atoms with Gasteiger partial charge < -0.3 is 10.6 Å². The fourth-order valence-electron chi connectivity index (χ4n) is 4.94. The molecule has 47 heavy (non-hydrogen) atoms. The summed E-state index contributed by atoms with van der Waals surface area (Å²) in [6, 6.07) is 24.0. The van der Waals surface area contributed by atoms with E-state index in [0.717, 1.165) is 22.3 Å². The van der Waals surface area contributed by atoms with Gasteiger partial charge in [0.2, 0.25) is 5.91 Å². The van der Waals surface area contributed by atoms with Crippen molar-refractivity contribution in [2.75, 3.05) is 17.6 Å². The van der Waals surface area contributed by atoms with Gasteiger partial charge in [-0.05, 0) is 89.0 Å². The summed E-state index contributed by atoms with van der Waals surface area (Å²) in [5.74, 6) is -2.42. The highest BCUT2D eigenvalue weighted by Crippen LogP contribution is 2.31. The number of nitrogens with one attached hydrogen (secondary N) is 2. The maximum Gasteiger partial charge on any atom is 0.266 e. The van der Waals surface area contributed by atoms with E-state index in [1.165, 1.54) is 12.1 Å². The van der Waals surface area contributed by atoms with Crippen LogP contribution in [0, 0.1) is 18.2 Å². The van der Waals surface area contributed by atoms with Crippen molar-refractivity contribution >= 4 is 45.3 Å². The molecule has 0 spiro atoms. The number of amides is 2. The largest absolute Gasteiger partial charge is 0.351 e. The van der Waals surface area contributed by atoms with E-state index in [0.29, 0.717) is 33.8 Å². The highest BCUT2D eigenvalue weighted by atomic mass is 35.5. The molecule has 4 aromatic carbocycles. The van der Waals surface area contributed by atoms with Crippen molar-refractivity contribution in [2.45, 2.75) is 40.0 Å². The quantitative estimate of drug-likeness (QED) is 0.139. The normalized spacial score (nSPS) is 12.6. The minimum Gasteiger partial charge on any atom is -0.351 e. The topological polar surface area (TPSA) is 113 Å². The molecule has 0 aliphatic rings. The summed E-state index contributed by atoms with van der Waals surface area (Å²) in [7, 11) is -4.19. The minimum absolute atomic E-state index is 0.0132. The molecule has 0 aliphatic carbocycles. The van der Waals surface area contributed by atoms with Crippen LogP contribution in [0.3, 0.4) is 0 Å². The number of anilines is 1. The number of rotatable bonds is 11. The molecular formula is C37H38ClFN2O5S. The molecular weight excluding hydrogens is 639 g/mol. The number of benzene rings is 4. The van der Waals surface area contributed by atoms with Gasteiger partial charge in [-0.25, -0.2) is 4.39 Å². The van der Waals surface area contributed by atoms with Gasteiger partial charge in [0, 0.05) is 28.4 Å². The average molecular weight is 677 g/mol. The molecule has 4 aromatic rings. The molecule has 4 rings (SSSR count). The lowest BCUT2D eigenvalue weighted by molar-refractivity contribution is -0.117. The Morgan fingerprint density at radius 1 is 0.936 bits per heavy atom. The van der Waals surface area contributed by atoms with Crippen molar-refractivity contribution in [3.63, 3.8) is 0 Å². The van der Waals surface area contributed by atoms with Crippen LogP contribution in [-0.4, -0.2) is 37.1 Å². The number of hydrogen-bond acceptors (Lipinski definition) is 4. The minimum atomic E-state index is -4.19. The van der Waals surface area contributed by atoms with Crippen molar-refractivity contribution < 1.29 is 27.0 Å². The molecule has 0 aromatic heterocycles. The number of carbonyl (C=O) groups is 2. The molecule has 0 heterocycles. The van der Waals surface area contributed by atoms with Crippen LogP contribution in [0.2, 0.25) is 5.02 Å². The summed E-state index contributed by atoms with van der Waals surface area (Å²) >= 11 is 6.11. The maximum atomic E-state index is 15.0. The van der Waals surface area contributed by atoms with Gasteiger partial charge in [0.05, 0.1) is 11.7 Å². The molecule has 246 valence electrons. The Balaban J connectivity index is 1.60. The van der Waals surface area contributed by atoms with E-state index in [2.05, 4.69) is 37.5 Å². The van der Waals surface area contributed by atoms with Gasteiger partial charge in [0.1, 0.15) is 5.82 Å². The molecule has 0 radical (unpaired) electrons. The van der Waals surface area contributed by atoms with Crippen LogP contribution in [0.25, 0.3) is 17.2 Å². The molecule has 1 atom stereocenters. The van der Waals surface area contributed by atoms with Crippen molar-refractivity contribution in [1.82, 2.24) is 5.32 Å². The first-order valence-corrected chi connectivity index (χ1v) is 17.1. The van der Waals surface area contributed by atoms with E-state index >= 15 is 0 Å². The molecule has 1 unspecified atom stereocenters. The number of carbonyl (C=O) groups excluding carboxylic acids is 2. The number of allylic oxidation sites excluding steroid dienone is 1. The molecule has 2 amide bonds. The Labute approximate surface area is 280 Å². The van der Waals surface area contributed by atoms with Crippen LogP contribution in [0.5, 0.6) is 0 Å². The SMILES string of the molecule is Cc1cc(Cl)ccc1-c1cc(NC(=O)C(Cc2ccc(C(=O)NCCS(=O)(=O)O)cc2)c2ccc(C=CC(C)(C)C)cc2)ccc1F. The highest BCUT2D eigenvalue weighted by molar-refractivity contribution is 7.85. The summed E-state index contributed by atoms with van der Waals surface area (Å²) in [5.41, 5.74) is 5.12. The van der Waals surface area contributed by atoms with Crippen LogP contribution in [-0.2, 0) is 21.3 Å². The van der Waals surface area contributed by atoms with Gasteiger partial charge >= 0.3 is 0 Å². The number of aryl methyl sites for hydroxylation is 1. The Hall–Kier alpha value is -4.31. The molecule has 0 bridgehead atoms. The van der Waals surface area contributed by atoms with Crippen LogP contribution in [0.15, 0.2) is 91.0 Å². The first-order valence-electron chi connectivity index (χ1n) is 15.1. The fraction of sp³-hybridized carbons (Fsp3) is 0.243. The van der Waals surface area contributed by atoms with Crippen molar-refractivity contribution in [1.29, 1.82) is 0 Å². The van der Waals surface area contributed by atoms with Gasteiger partial charge in [-0.3, -0.25) is 14.1 Å². The van der Waals surface area contributed by atoms with E-state index in [9.17, 15) is 22.4 Å². The average Bonchev–Trinajstić information content (AvgIpc) is 2.99. The molecule has 10 heteroatoms. The predicted molar refractivity (Wildman–Crippen MR) is 187 cm³/mol. The summed E-state index contributed by atoms with van der Waals surface area (Å²) in [5, 5.41) is 5.98. The van der Waals surface area contributed by atoms with E-state index in [1.54, 1.807) is 48.5 Å². The Morgan fingerprint density at radius 2 is 1.62 bits per heavy atom. The van der Waals surface area contributed by atoms with Gasteiger partial charge in [0.25, 0.3) is 16.0 Å². The Kier molecular flexibility index (Phi) is 11.4. The third-order valence-corrected chi connectivity index (χ3v) is 8.40. The lowest BCUT2D eigenvalue weighted by atomic mass is 9.89. The summed E-state index contributed by atoms with van der Waals surface area (Å²) < 4.78 is 45.7. The number of hydrogen-bond donors (Lipinski definition) is 3. The molecule has 3 N–H and O–H groups in total. The molecule has 0 aliphatic heterocycles. The van der Waals surface area contributed by atoms with Crippen LogP contribution < -0.4 is 10.6 Å². The van der Waals surface area contributed by atoms with Gasteiger partial charge in [-0.1, -0.05) is 87.0 Å². The van der Waals surface area contributed by atoms with Gasteiger partial charge in [0.15, 0.2) is 0 Å². The van der Waals surface area contributed by atoms with Crippen molar-refractivity contribution in [3.05, 3.63) is 130 Å². The lowest BCUT2D eigenvalue weighted by Gasteiger charge is -2.19. The Bertz CT molecular complexity index is 1880. The van der Waals surface area contributed by atoms with Gasteiger partial charge in [-0.15, -0.1) is 0 Å². The van der Waals surface area contributed by atoms with Crippen LogP contribution in [0.1, 0.15) is 59.3 Å². The summed E-state index contributed by atoms with van der Waals surface area (Å²) in [4.78, 5) is 26.4. The second kappa shape index (κ2) is 15.1. The van der Waals surface area contributed by atoms with E-state index < -0.39 is 33.5 Å². The second-order valence-corrected chi connectivity index (χ2v) is 14.5. The zero-order valence-corrected chi connectivity index (χ0v) is 28.3.